The second-order valence-electron chi connectivity index (χ2n) is 1.01. The molecule has 0 fully saturated rings. The van der Waals surface area contributed by atoms with Gasteiger partial charge in [-0.05, 0) is 15.9 Å². The summed E-state index contributed by atoms with van der Waals surface area (Å²) in [5, 5.41) is 0. The molecule has 1 rings (SSSR count). The summed E-state index contributed by atoms with van der Waals surface area (Å²) in [7, 11) is 0. The molecule has 38 valence electrons. The first-order valence-electron chi connectivity index (χ1n) is 1.65. The van der Waals surface area contributed by atoms with Crippen LogP contribution in [0.2, 0.25) is 0 Å². The number of nitrogens with zero attached hydrogens (tertiary/aromatic N) is 1. The zero-order valence-corrected chi connectivity index (χ0v) is 4.97. The molecule has 0 atom stereocenters. The lowest BCUT2D eigenvalue weighted by molar-refractivity contribution is 0.576. The number of hydrogen-bond donors (Lipinski definition) is 1. The maximum atomic E-state index is 5.16. The first kappa shape index (κ1) is 4.64. The van der Waals surface area contributed by atoms with Crippen LogP contribution in [0.3, 0.4) is 0 Å². The summed E-state index contributed by atoms with van der Waals surface area (Å²) in [6, 6.07) is 0. The molecule has 4 heteroatoms. The molecule has 3 nitrogen and oxygen atoms in total. The molecule has 1 aromatic heterocycles. The Morgan fingerprint density at radius 3 is 2.71 bits per heavy atom. The summed E-state index contributed by atoms with van der Waals surface area (Å²) >= 11 is 3.04. The van der Waals surface area contributed by atoms with Crippen molar-refractivity contribution in [3.63, 3.8) is 0 Å². The Balaban J connectivity index is 3.12. The molecule has 7 heavy (non-hydrogen) atoms. The number of oxazole rings is 1. The molecule has 2 N–H and O–H groups in total. The average molecular weight is 163 g/mol. The van der Waals surface area contributed by atoms with Crippen LogP contribution in [-0.2, 0) is 0 Å². The van der Waals surface area contributed by atoms with Crippen molar-refractivity contribution in [2.75, 3.05) is 5.73 Å². The Morgan fingerprint density at radius 1 is 1.86 bits per heavy atom. The van der Waals surface area contributed by atoms with Gasteiger partial charge in [-0.3, -0.25) is 0 Å². The standard InChI is InChI=1S/C3H3BrN2O/c4-2-3(5)7-1-6-2/h1H,5H2. The van der Waals surface area contributed by atoms with Gasteiger partial charge < -0.3 is 10.2 Å². The van der Waals surface area contributed by atoms with E-state index in [2.05, 4.69) is 25.3 Å². The van der Waals surface area contributed by atoms with Crippen LogP contribution in [0.15, 0.2) is 15.4 Å². The van der Waals surface area contributed by atoms with E-state index in [4.69, 9.17) is 5.73 Å². The summed E-state index contributed by atoms with van der Waals surface area (Å²) in [5.41, 5.74) is 5.16. The van der Waals surface area contributed by atoms with Crippen molar-refractivity contribution in [2.45, 2.75) is 0 Å². The largest absolute Gasteiger partial charge is 0.427 e. The third kappa shape index (κ3) is 0.742. The highest BCUT2D eigenvalue weighted by Crippen LogP contribution is 2.14. The summed E-state index contributed by atoms with van der Waals surface area (Å²) in [6.07, 6.45) is 1.28. The van der Waals surface area contributed by atoms with E-state index in [1.54, 1.807) is 0 Å². The molecule has 0 bridgehead atoms. The van der Waals surface area contributed by atoms with Crippen molar-refractivity contribution in [3.05, 3.63) is 11.0 Å². The predicted molar refractivity (Wildman–Crippen MR) is 28.6 cm³/mol. The number of nitrogens with two attached hydrogens (primary N) is 1. The fraction of sp³-hybridized carbons (Fsp3) is 0. The minimum absolute atomic E-state index is 0.319. The van der Waals surface area contributed by atoms with Gasteiger partial charge in [0.2, 0.25) is 5.88 Å². The van der Waals surface area contributed by atoms with Gasteiger partial charge in [0.1, 0.15) is 0 Å². The highest BCUT2D eigenvalue weighted by molar-refractivity contribution is 9.10. The van der Waals surface area contributed by atoms with Gasteiger partial charge in [0.05, 0.1) is 0 Å². The third-order valence-electron chi connectivity index (χ3n) is 0.549. The van der Waals surface area contributed by atoms with E-state index >= 15 is 0 Å². The zero-order chi connectivity index (χ0) is 5.28. The Hall–Kier alpha value is -0.510. The summed E-state index contributed by atoms with van der Waals surface area (Å²) in [4.78, 5) is 3.64. The van der Waals surface area contributed by atoms with Crippen LogP contribution in [-0.4, -0.2) is 4.98 Å². The fourth-order valence-corrected chi connectivity index (χ4v) is 0.419. The molecule has 0 saturated carbocycles. The normalized spacial score (nSPS) is 9.29. The molecule has 0 radical (unpaired) electrons. The first-order chi connectivity index (χ1) is 3.30. The Labute approximate surface area is 48.7 Å². The van der Waals surface area contributed by atoms with Crippen molar-refractivity contribution in [1.82, 2.24) is 4.98 Å². The number of anilines is 1. The van der Waals surface area contributed by atoms with Gasteiger partial charge in [-0.1, -0.05) is 0 Å². The van der Waals surface area contributed by atoms with Crippen molar-refractivity contribution in [2.24, 2.45) is 0 Å². The zero-order valence-electron chi connectivity index (χ0n) is 3.39. The number of halogens is 1. The van der Waals surface area contributed by atoms with Crippen LogP contribution in [0.4, 0.5) is 5.88 Å². The summed E-state index contributed by atoms with van der Waals surface area (Å²) in [5.74, 6) is 0.319. The summed E-state index contributed by atoms with van der Waals surface area (Å²) < 4.78 is 5.15. The second kappa shape index (κ2) is 1.54. The number of aromatic nitrogens is 1. The molecule has 0 unspecified atom stereocenters. The van der Waals surface area contributed by atoms with E-state index in [0.717, 1.165) is 0 Å². The van der Waals surface area contributed by atoms with E-state index in [1.165, 1.54) is 6.39 Å². The van der Waals surface area contributed by atoms with E-state index < -0.39 is 0 Å². The van der Waals surface area contributed by atoms with Gasteiger partial charge in [-0.2, -0.15) is 0 Å². The van der Waals surface area contributed by atoms with Gasteiger partial charge in [0.15, 0.2) is 11.0 Å². The first-order valence-corrected chi connectivity index (χ1v) is 2.44. The average Bonchev–Trinajstić information content (AvgIpc) is 1.91. The molecule has 0 aliphatic carbocycles. The molecular formula is C3H3BrN2O. The van der Waals surface area contributed by atoms with E-state index in [1.807, 2.05) is 0 Å². The van der Waals surface area contributed by atoms with Crippen molar-refractivity contribution in [3.8, 4) is 0 Å². The maximum absolute atomic E-state index is 5.16. The van der Waals surface area contributed by atoms with Crippen LogP contribution in [0.1, 0.15) is 0 Å². The predicted octanol–water partition coefficient (Wildman–Crippen LogP) is 1.02. The van der Waals surface area contributed by atoms with Gasteiger partial charge in [0, 0.05) is 0 Å². The van der Waals surface area contributed by atoms with Crippen LogP contribution < -0.4 is 5.73 Å². The molecule has 0 aliphatic heterocycles. The number of hydrogen-bond acceptors (Lipinski definition) is 3. The van der Waals surface area contributed by atoms with Crippen LogP contribution in [0.25, 0.3) is 0 Å². The Kier molecular flexibility index (Phi) is 1.02. The van der Waals surface area contributed by atoms with Gasteiger partial charge in [-0.15, -0.1) is 0 Å². The summed E-state index contributed by atoms with van der Waals surface area (Å²) in [6.45, 7) is 0. The molecule has 0 spiro atoms. The quantitative estimate of drug-likeness (QED) is 0.620. The number of rotatable bonds is 0. The lowest BCUT2D eigenvalue weighted by Gasteiger charge is -1.75. The van der Waals surface area contributed by atoms with Gasteiger partial charge >= 0.3 is 0 Å². The van der Waals surface area contributed by atoms with E-state index in [0.29, 0.717) is 10.5 Å². The topological polar surface area (TPSA) is 52.0 Å². The van der Waals surface area contributed by atoms with Crippen molar-refractivity contribution >= 4 is 21.8 Å². The minimum Gasteiger partial charge on any atom is -0.427 e. The number of nitrogen functional groups attached to an aromatic ring is 1. The van der Waals surface area contributed by atoms with Gasteiger partial charge in [0.25, 0.3) is 0 Å². The molecule has 1 heterocycles. The molecule has 0 amide bonds. The second-order valence-corrected chi connectivity index (χ2v) is 1.76. The minimum atomic E-state index is 0.319. The van der Waals surface area contributed by atoms with E-state index in [-0.39, 0.29) is 0 Å². The molecular weight excluding hydrogens is 160 g/mol. The molecule has 0 aliphatic rings. The van der Waals surface area contributed by atoms with Crippen LogP contribution in [0, 0.1) is 0 Å². The lowest BCUT2D eigenvalue weighted by Crippen LogP contribution is -1.78. The highest BCUT2D eigenvalue weighted by atomic mass is 79.9. The van der Waals surface area contributed by atoms with Crippen LogP contribution >= 0.6 is 15.9 Å². The lowest BCUT2D eigenvalue weighted by atomic mass is 10.8. The highest BCUT2D eigenvalue weighted by Gasteiger charge is 1.94. The van der Waals surface area contributed by atoms with Crippen LogP contribution in [0.5, 0.6) is 0 Å². The monoisotopic (exact) mass is 162 g/mol. The SMILES string of the molecule is Nc1ocnc1Br. The van der Waals surface area contributed by atoms with Crippen molar-refractivity contribution in [1.29, 1.82) is 0 Å². The van der Waals surface area contributed by atoms with Gasteiger partial charge in [-0.25, -0.2) is 4.98 Å². The third-order valence-corrected chi connectivity index (χ3v) is 1.14. The van der Waals surface area contributed by atoms with Crippen molar-refractivity contribution < 1.29 is 4.42 Å². The fourth-order valence-electron chi connectivity index (χ4n) is 0.242. The maximum Gasteiger partial charge on any atom is 0.225 e. The van der Waals surface area contributed by atoms with E-state index in [9.17, 15) is 0 Å². The smallest absolute Gasteiger partial charge is 0.225 e. The molecule has 1 aromatic rings. The Bertz CT molecular complexity index is 145. The molecule has 0 aromatic carbocycles. The Morgan fingerprint density at radius 2 is 2.57 bits per heavy atom. The molecule has 0 saturated heterocycles.